The van der Waals surface area contributed by atoms with Crippen LogP contribution in [0.4, 0.5) is 15.8 Å². The van der Waals surface area contributed by atoms with Gasteiger partial charge in [0.2, 0.25) is 11.7 Å². The van der Waals surface area contributed by atoms with Gasteiger partial charge >= 0.3 is 5.69 Å². The van der Waals surface area contributed by atoms with E-state index >= 15 is 0 Å². The number of benzene rings is 1. The van der Waals surface area contributed by atoms with E-state index in [1.54, 1.807) is 0 Å². The van der Waals surface area contributed by atoms with E-state index in [0.29, 0.717) is 6.42 Å². The summed E-state index contributed by atoms with van der Waals surface area (Å²) >= 11 is 0. The molecular weight excluding hydrogens is 239 g/mol. The molecule has 0 unspecified atom stereocenters. The minimum absolute atomic E-state index is 0.218. The highest BCUT2D eigenvalue weighted by Crippen LogP contribution is 2.21. The van der Waals surface area contributed by atoms with Crippen LogP contribution in [0, 0.1) is 15.9 Å². The molecule has 0 saturated carbocycles. The predicted molar refractivity (Wildman–Crippen MR) is 65.8 cm³/mol. The van der Waals surface area contributed by atoms with Crippen molar-refractivity contribution in [1.82, 2.24) is 0 Å². The van der Waals surface area contributed by atoms with Crippen molar-refractivity contribution >= 4 is 17.3 Å². The van der Waals surface area contributed by atoms with Crippen LogP contribution in [0.1, 0.15) is 32.6 Å². The number of rotatable bonds is 6. The zero-order valence-electron chi connectivity index (χ0n) is 10.1. The maximum Gasteiger partial charge on any atom is 0.306 e. The minimum atomic E-state index is -0.913. The molecule has 0 saturated heterocycles. The summed E-state index contributed by atoms with van der Waals surface area (Å²) in [6.07, 6.45) is 3.09. The lowest BCUT2D eigenvalue weighted by Gasteiger charge is -2.05. The first kappa shape index (κ1) is 14.1. The molecule has 0 radical (unpaired) electrons. The first-order valence-corrected chi connectivity index (χ1v) is 5.78. The summed E-state index contributed by atoms with van der Waals surface area (Å²) in [4.78, 5) is 21.2. The second-order valence-corrected chi connectivity index (χ2v) is 3.93. The molecule has 0 aliphatic heterocycles. The molecule has 98 valence electrons. The zero-order valence-corrected chi connectivity index (χ0v) is 10.1. The van der Waals surface area contributed by atoms with E-state index in [0.717, 1.165) is 31.4 Å². The Kier molecular flexibility index (Phi) is 5.23. The maximum atomic E-state index is 13.1. The number of hydrogen-bond donors (Lipinski definition) is 1. The fraction of sp³-hybridized carbons (Fsp3) is 0.417. The maximum absolute atomic E-state index is 13.1. The van der Waals surface area contributed by atoms with Crippen LogP contribution in [0.2, 0.25) is 0 Å². The fourth-order valence-electron chi connectivity index (χ4n) is 1.49. The van der Waals surface area contributed by atoms with Gasteiger partial charge in [0.15, 0.2) is 0 Å². The van der Waals surface area contributed by atoms with Gasteiger partial charge in [-0.05, 0) is 18.6 Å². The summed E-state index contributed by atoms with van der Waals surface area (Å²) in [6.45, 7) is 2.03. The van der Waals surface area contributed by atoms with E-state index in [2.05, 4.69) is 5.32 Å². The molecule has 0 bridgehead atoms. The van der Waals surface area contributed by atoms with E-state index in [9.17, 15) is 19.3 Å². The van der Waals surface area contributed by atoms with Crippen molar-refractivity contribution in [2.45, 2.75) is 32.6 Å². The molecule has 1 aromatic carbocycles. The summed E-state index contributed by atoms with van der Waals surface area (Å²) in [6, 6.07) is 3.30. The van der Waals surface area contributed by atoms with E-state index in [-0.39, 0.29) is 11.6 Å². The molecule has 1 rings (SSSR count). The zero-order chi connectivity index (χ0) is 13.5. The molecule has 0 spiro atoms. The second-order valence-electron chi connectivity index (χ2n) is 3.93. The summed E-state index contributed by atoms with van der Waals surface area (Å²) in [7, 11) is 0. The topological polar surface area (TPSA) is 72.2 Å². The van der Waals surface area contributed by atoms with Crippen molar-refractivity contribution in [1.29, 1.82) is 0 Å². The second kappa shape index (κ2) is 6.68. The van der Waals surface area contributed by atoms with Crippen molar-refractivity contribution in [3.05, 3.63) is 34.1 Å². The predicted octanol–water partition coefficient (Wildman–Crippen LogP) is 3.25. The number of halogens is 1. The van der Waals surface area contributed by atoms with Crippen LogP contribution < -0.4 is 5.32 Å². The summed E-state index contributed by atoms with van der Waals surface area (Å²) < 4.78 is 13.1. The van der Waals surface area contributed by atoms with E-state index in [1.165, 1.54) is 6.07 Å². The Bertz CT molecular complexity index is 449. The lowest BCUT2D eigenvalue weighted by Crippen LogP contribution is -2.11. The van der Waals surface area contributed by atoms with Gasteiger partial charge in [-0.3, -0.25) is 14.9 Å². The summed E-state index contributed by atoms with van der Waals surface area (Å²) in [5.74, 6) is -1.13. The van der Waals surface area contributed by atoms with Gasteiger partial charge in [0, 0.05) is 18.2 Å². The highest BCUT2D eigenvalue weighted by Gasteiger charge is 2.15. The smallest absolute Gasteiger partial charge is 0.306 e. The first-order valence-electron chi connectivity index (χ1n) is 5.78. The van der Waals surface area contributed by atoms with Crippen molar-refractivity contribution in [2.75, 3.05) is 5.32 Å². The molecule has 1 amide bonds. The number of nitro groups is 1. The fourth-order valence-corrected chi connectivity index (χ4v) is 1.49. The van der Waals surface area contributed by atoms with Gasteiger partial charge in [-0.1, -0.05) is 19.8 Å². The third-order valence-electron chi connectivity index (χ3n) is 2.43. The number of anilines is 1. The summed E-state index contributed by atoms with van der Waals surface area (Å²) in [5.41, 5.74) is -0.397. The van der Waals surface area contributed by atoms with Crippen LogP contribution in [0.3, 0.4) is 0 Å². The van der Waals surface area contributed by atoms with Gasteiger partial charge in [0.05, 0.1) is 4.92 Å². The number of carbonyl (C=O) groups is 1. The van der Waals surface area contributed by atoms with Crippen LogP contribution in [0.5, 0.6) is 0 Å². The molecule has 0 atom stereocenters. The molecule has 18 heavy (non-hydrogen) atoms. The Balaban J connectivity index is 2.65. The summed E-state index contributed by atoms with van der Waals surface area (Å²) in [5, 5.41) is 13.0. The normalized spacial score (nSPS) is 10.1. The quantitative estimate of drug-likeness (QED) is 0.481. The Hall–Kier alpha value is -1.98. The Morgan fingerprint density at radius 1 is 1.44 bits per heavy atom. The van der Waals surface area contributed by atoms with E-state index in [4.69, 9.17) is 0 Å². The molecule has 1 N–H and O–H groups in total. The number of nitrogens with one attached hydrogen (secondary N) is 1. The van der Waals surface area contributed by atoms with Crippen LogP contribution in [0.25, 0.3) is 0 Å². The van der Waals surface area contributed by atoms with Gasteiger partial charge in [0.1, 0.15) is 0 Å². The van der Waals surface area contributed by atoms with Crippen LogP contribution in [0.15, 0.2) is 18.2 Å². The third-order valence-corrected chi connectivity index (χ3v) is 2.43. The lowest BCUT2D eigenvalue weighted by molar-refractivity contribution is -0.387. The molecule has 5 nitrogen and oxygen atoms in total. The molecule has 0 aromatic heterocycles. The van der Waals surface area contributed by atoms with Gasteiger partial charge in [-0.15, -0.1) is 0 Å². The van der Waals surface area contributed by atoms with Gasteiger partial charge in [0.25, 0.3) is 0 Å². The van der Waals surface area contributed by atoms with Crippen LogP contribution in [-0.2, 0) is 4.79 Å². The molecule has 6 heteroatoms. The Morgan fingerprint density at radius 3 is 2.78 bits per heavy atom. The average molecular weight is 254 g/mol. The first-order chi connectivity index (χ1) is 8.54. The van der Waals surface area contributed by atoms with Gasteiger partial charge < -0.3 is 5.32 Å². The molecular formula is C12H15FN2O3. The number of unbranched alkanes of at least 4 members (excludes halogenated alkanes) is 2. The lowest BCUT2D eigenvalue weighted by atomic mass is 10.2. The van der Waals surface area contributed by atoms with Gasteiger partial charge in [-0.2, -0.15) is 4.39 Å². The molecule has 1 aromatic rings. The number of nitrogens with zero attached hydrogens (tertiary/aromatic N) is 1. The van der Waals surface area contributed by atoms with E-state index in [1.807, 2.05) is 6.92 Å². The highest BCUT2D eigenvalue weighted by atomic mass is 19.1. The van der Waals surface area contributed by atoms with Crippen molar-refractivity contribution in [3.8, 4) is 0 Å². The molecule has 0 aliphatic carbocycles. The standard InChI is InChI=1S/C12H15FN2O3/c1-2-3-4-5-12(16)14-9-6-7-10(13)11(8-9)15(17)18/h6-8H,2-5H2,1H3,(H,14,16). The molecule has 0 fully saturated rings. The minimum Gasteiger partial charge on any atom is -0.326 e. The van der Waals surface area contributed by atoms with Crippen LogP contribution >= 0.6 is 0 Å². The highest BCUT2D eigenvalue weighted by molar-refractivity contribution is 5.90. The number of nitro benzene ring substituents is 1. The van der Waals surface area contributed by atoms with Crippen molar-refractivity contribution < 1.29 is 14.1 Å². The van der Waals surface area contributed by atoms with Gasteiger partial charge in [-0.25, -0.2) is 0 Å². The average Bonchev–Trinajstić information content (AvgIpc) is 2.31. The van der Waals surface area contributed by atoms with Crippen LogP contribution in [-0.4, -0.2) is 10.8 Å². The Morgan fingerprint density at radius 2 is 2.17 bits per heavy atom. The van der Waals surface area contributed by atoms with E-state index < -0.39 is 16.4 Å². The van der Waals surface area contributed by atoms with Crippen molar-refractivity contribution in [2.24, 2.45) is 0 Å². The molecule has 0 heterocycles. The number of amides is 1. The Labute approximate surface area is 104 Å². The van der Waals surface area contributed by atoms with Crippen molar-refractivity contribution in [3.63, 3.8) is 0 Å². The SMILES string of the molecule is CCCCCC(=O)Nc1ccc(F)c([N+](=O)[O-])c1. The monoisotopic (exact) mass is 254 g/mol. The third kappa shape index (κ3) is 4.12. The largest absolute Gasteiger partial charge is 0.326 e. The molecule has 0 aliphatic rings. The number of carbonyl (C=O) groups excluding carboxylic acids is 1. The number of hydrogen-bond acceptors (Lipinski definition) is 3.